The molecule has 30 heavy (non-hydrogen) atoms. The number of rotatable bonds is 7. The summed E-state index contributed by atoms with van der Waals surface area (Å²) in [6, 6.07) is 11.2. The molecule has 1 aromatic carbocycles. The molecule has 0 unspecified atom stereocenters. The summed E-state index contributed by atoms with van der Waals surface area (Å²) < 4.78 is 5.67. The SMILES string of the molecule is CCCOc1ccc(C2=C(N3CCCCC3)C(=O)N(Cc3ccncc3)C2=O)cc1. The second-order valence-electron chi connectivity index (χ2n) is 7.70. The van der Waals surface area contributed by atoms with Gasteiger partial charge in [0.2, 0.25) is 0 Å². The topological polar surface area (TPSA) is 62.7 Å². The lowest BCUT2D eigenvalue weighted by atomic mass is 10.0. The summed E-state index contributed by atoms with van der Waals surface area (Å²) in [5, 5.41) is 0. The van der Waals surface area contributed by atoms with Gasteiger partial charge >= 0.3 is 0 Å². The molecule has 6 heteroatoms. The van der Waals surface area contributed by atoms with Crippen molar-refractivity contribution in [2.75, 3.05) is 19.7 Å². The van der Waals surface area contributed by atoms with Gasteiger partial charge in [0.05, 0.1) is 18.7 Å². The number of ether oxygens (including phenoxy) is 1. The number of hydrogen-bond donors (Lipinski definition) is 0. The third kappa shape index (κ3) is 4.08. The molecule has 0 N–H and O–H groups in total. The van der Waals surface area contributed by atoms with E-state index in [1.807, 2.05) is 36.4 Å². The molecule has 6 nitrogen and oxygen atoms in total. The first-order valence-electron chi connectivity index (χ1n) is 10.7. The maximum atomic E-state index is 13.4. The van der Waals surface area contributed by atoms with Gasteiger partial charge in [-0.15, -0.1) is 0 Å². The Morgan fingerprint density at radius 3 is 2.30 bits per heavy atom. The molecule has 1 fully saturated rings. The van der Waals surface area contributed by atoms with Gasteiger partial charge in [-0.25, -0.2) is 0 Å². The van der Waals surface area contributed by atoms with Gasteiger partial charge in [0.1, 0.15) is 11.4 Å². The Morgan fingerprint density at radius 2 is 1.63 bits per heavy atom. The summed E-state index contributed by atoms with van der Waals surface area (Å²) in [4.78, 5) is 34.2. The van der Waals surface area contributed by atoms with E-state index in [4.69, 9.17) is 4.74 Å². The van der Waals surface area contributed by atoms with Gasteiger partial charge in [0, 0.05) is 25.5 Å². The summed E-state index contributed by atoms with van der Waals surface area (Å²) >= 11 is 0. The lowest BCUT2D eigenvalue weighted by Gasteiger charge is -2.29. The van der Waals surface area contributed by atoms with E-state index in [1.165, 1.54) is 4.90 Å². The lowest BCUT2D eigenvalue weighted by molar-refractivity contribution is -0.138. The highest BCUT2D eigenvalue weighted by atomic mass is 16.5. The minimum absolute atomic E-state index is 0.208. The smallest absolute Gasteiger partial charge is 0.278 e. The highest BCUT2D eigenvalue weighted by Crippen LogP contribution is 2.34. The van der Waals surface area contributed by atoms with Crippen LogP contribution in [0.4, 0.5) is 0 Å². The van der Waals surface area contributed by atoms with Crippen molar-refractivity contribution in [1.29, 1.82) is 0 Å². The highest BCUT2D eigenvalue weighted by molar-refractivity contribution is 6.35. The Labute approximate surface area is 177 Å². The summed E-state index contributed by atoms with van der Waals surface area (Å²) in [5.74, 6) is 0.325. The predicted octanol–water partition coefficient (Wildman–Crippen LogP) is 3.64. The number of amides is 2. The average Bonchev–Trinajstić information content (AvgIpc) is 3.04. The van der Waals surface area contributed by atoms with Crippen LogP contribution in [0.5, 0.6) is 5.75 Å². The van der Waals surface area contributed by atoms with Crippen LogP contribution < -0.4 is 4.74 Å². The molecule has 0 atom stereocenters. The summed E-state index contributed by atoms with van der Waals surface area (Å²) in [6.07, 6.45) is 7.51. The van der Waals surface area contributed by atoms with Crippen molar-refractivity contribution in [2.24, 2.45) is 0 Å². The first-order chi connectivity index (χ1) is 14.7. The second-order valence-corrected chi connectivity index (χ2v) is 7.70. The minimum atomic E-state index is -0.236. The zero-order valence-corrected chi connectivity index (χ0v) is 17.3. The average molecular weight is 405 g/mol. The van der Waals surface area contributed by atoms with Crippen molar-refractivity contribution in [3.8, 4) is 5.75 Å². The maximum Gasteiger partial charge on any atom is 0.278 e. The molecule has 3 heterocycles. The molecule has 1 saturated heterocycles. The predicted molar refractivity (Wildman–Crippen MR) is 114 cm³/mol. The van der Waals surface area contributed by atoms with Crippen LogP contribution >= 0.6 is 0 Å². The number of imide groups is 1. The van der Waals surface area contributed by atoms with Crippen molar-refractivity contribution in [3.05, 3.63) is 65.6 Å². The number of aromatic nitrogens is 1. The molecule has 2 amide bonds. The number of carbonyl (C=O) groups excluding carboxylic acids is 2. The largest absolute Gasteiger partial charge is 0.494 e. The zero-order chi connectivity index (χ0) is 20.9. The van der Waals surface area contributed by atoms with Crippen molar-refractivity contribution in [2.45, 2.75) is 39.2 Å². The first-order valence-corrected chi connectivity index (χ1v) is 10.7. The number of hydrogen-bond acceptors (Lipinski definition) is 5. The maximum absolute atomic E-state index is 13.4. The number of nitrogens with zero attached hydrogens (tertiary/aromatic N) is 3. The molecule has 0 bridgehead atoms. The Bertz CT molecular complexity index is 932. The highest BCUT2D eigenvalue weighted by Gasteiger charge is 2.41. The third-order valence-electron chi connectivity index (χ3n) is 5.52. The Kier molecular flexibility index (Phi) is 6.12. The van der Waals surface area contributed by atoms with Gasteiger partial charge in [-0.3, -0.25) is 19.5 Å². The van der Waals surface area contributed by atoms with Gasteiger partial charge in [-0.05, 0) is 61.1 Å². The van der Waals surface area contributed by atoms with Gasteiger partial charge in [-0.1, -0.05) is 19.1 Å². The summed E-state index contributed by atoms with van der Waals surface area (Å²) in [7, 11) is 0. The van der Waals surface area contributed by atoms with Crippen LogP contribution in [0.2, 0.25) is 0 Å². The van der Waals surface area contributed by atoms with Gasteiger partial charge in [-0.2, -0.15) is 0 Å². The lowest BCUT2D eigenvalue weighted by Crippen LogP contribution is -2.36. The van der Waals surface area contributed by atoms with Crippen LogP contribution in [0, 0.1) is 0 Å². The van der Waals surface area contributed by atoms with Crippen LogP contribution in [0.15, 0.2) is 54.5 Å². The fourth-order valence-electron chi connectivity index (χ4n) is 3.99. The van der Waals surface area contributed by atoms with Crippen molar-refractivity contribution in [1.82, 2.24) is 14.8 Å². The van der Waals surface area contributed by atoms with E-state index in [9.17, 15) is 9.59 Å². The van der Waals surface area contributed by atoms with Crippen LogP contribution in [0.1, 0.15) is 43.7 Å². The Hall–Kier alpha value is -3.15. The normalized spacial score (nSPS) is 17.1. The summed E-state index contributed by atoms with van der Waals surface area (Å²) in [6.45, 7) is 4.57. The van der Waals surface area contributed by atoms with Crippen molar-refractivity contribution in [3.63, 3.8) is 0 Å². The number of piperidine rings is 1. The fraction of sp³-hybridized carbons (Fsp3) is 0.375. The molecule has 2 aromatic rings. The third-order valence-corrected chi connectivity index (χ3v) is 5.52. The molecule has 0 saturated carbocycles. The van der Waals surface area contributed by atoms with E-state index in [0.29, 0.717) is 17.9 Å². The molecule has 2 aliphatic rings. The van der Waals surface area contributed by atoms with E-state index in [-0.39, 0.29) is 18.4 Å². The second kappa shape index (κ2) is 9.11. The fourth-order valence-corrected chi connectivity index (χ4v) is 3.99. The molecular formula is C24H27N3O3. The first kappa shape index (κ1) is 20.1. The number of pyridine rings is 1. The van der Waals surface area contributed by atoms with Gasteiger partial charge < -0.3 is 9.64 Å². The standard InChI is InChI=1S/C24H27N3O3/c1-2-16-30-20-8-6-19(7-9-20)21-22(26-14-4-3-5-15-26)24(29)27(23(21)28)17-18-10-12-25-13-11-18/h6-13H,2-5,14-17H2,1H3. The van der Waals surface area contributed by atoms with Crippen LogP contribution in [0.25, 0.3) is 5.57 Å². The molecular weight excluding hydrogens is 378 g/mol. The summed E-state index contributed by atoms with van der Waals surface area (Å²) in [5.41, 5.74) is 2.68. The van der Waals surface area contributed by atoms with Crippen LogP contribution in [0.3, 0.4) is 0 Å². The van der Waals surface area contributed by atoms with E-state index in [2.05, 4.69) is 16.8 Å². The van der Waals surface area contributed by atoms with E-state index >= 15 is 0 Å². The van der Waals surface area contributed by atoms with Gasteiger partial charge in [0.25, 0.3) is 11.8 Å². The van der Waals surface area contributed by atoms with Crippen molar-refractivity contribution >= 4 is 17.4 Å². The van der Waals surface area contributed by atoms with Crippen LogP contribution in [-0.4, -0.2) is 46.3 Å². The number of likely N-dealkylation sites (tertiary alicyclic amines) is 1. The molecule has 2 aliphatic heterocycles. The van der Waals surface area contributed by atoms with Crippen molar-refractivity contribution < 1.29 is 14.3 Å². The van der Waals surface area contributed by atoms with E-state index in [1.54, 1.807) is 12.4 Å². The molecule has 0 spiro atoms. The monoisotopic (exact) mass is 405 g/mol. The molecule has 4 rings (SSSR count). The van der Waals surface area contributed by atoms with Crippen LogP contribution in [-0.2, 0) is 16.1 Å². The zero-order valence-electron chi connectivity index (χ0n) is 17.3. The Balaban J connectivity index is 1.67. The molecule has 1 aromatic heterocycles. The molecule has 156 valence electrons. The van der Waals surface area contributed by atoms with Gasteiger partial charge in [0.15, 0.2) is 0 Å². The van der Waals surface area contributed by atoms with E-state index in [0.717, 1.165) is 55.6 Å². The minimum Gasteiger partial charge on any atom is -0.494 e. The molecule has 0 aliphatic carbocycles. The molecule has 0 radical (unpaired) electrons. The number of carbonyl (C=O) groups is 2. The number of benzene rings is 1. The Morgan fingerprint density at radius 1 is 0.933 bits per heavy atom. The van der Waals surface area contributed by atoms with E-state index < -0.39 is 0 Å². The quantitative estimate of drug-likeness (QED) is 0.658.